The summed E-state index contributed by atoms with van der Waals surface area (Å²) < 4.78 is 18.4. The summed E-state index contributed by atoms with van der Waals surface area (Å²) in [6, 6.07) is 12.7. The van der Waals surface area contributed by atoms with Crippen molar-refractivity contribution in [3.8, 4) is 11.8 Å². The summed E-state index contributed by atoms with van der Waals surface area (Å²) in [5, 5.41) is 9.33. The van der Waals surface area contributed by atoms with Crippen LogP contribution in [0.1, 0.15) is 27.4 Å². The number of hydrogen-bond acceptors (Lipinski definition) is 3. The molecule has 2 aromatic rings. The molecule has 0 radical (unpaired) electrons. The summed E-state index contributed by atoms with van der Waals surface area (Å²) >= 11 is 0. The molecular formula is C17H14FNO2. The normalized spacial score (nSPS) is 11.5. The van der Waals surface area contributed by atoms with E-state index in [1.807, 2.05) is 6.07 Å². The van der Waals surface area contributed by atoms with Gasteiger partial charge in [-0.15, -0.1) is 0 Å². The van der Waals surface area contributed by atoms with Crippen molar-refractivity contribution in [2.24, 2.45) is 0 Å². The second-order valence-electron chi connectivity index (χ2n) is 4.66. The maximum Gasteiger partial charge on any atom is 0.184 e. The van der Waals surface area contributed by atoms with Crippen LogP contribution in [0, 0.1) is 24.1 Å². The van der Waals surface area contributed by atoms with Crippen LogP contribution in [0.5, 0.6) is 5.75 Å². The Labute approximate surface area is 122 Å². The van der Waals surface area contributed by atoms with Gasteiger partial charge >= 0.3 is 0 Å². The SMILES string of the molecule is COc1cccc(C(C#N)C(=O)c2cc(F)ccc2C)c1. The molecule has 2 aromatic carbocycles. The highest BCUT2D eigenvalue weighted by Gasteiger charge is 2.23. The fourth-order valence-electron chi connectivity index (χ4n) is 2.12. The number of carbonyl (C=O) groups excluding carboxylic acids is 1. The number of halogens is 1. The zero-order valence-corrected chi connectivity index (χ0v) is 11.8. The van der Waals surface area contributed by atoms with Crippen molar-refractivity contribution in [3.63, 3.8) is 0 Å². The molecule has 0 spiro atoms. The Kier molecular flexibility index (Phi) is 4.34. The number of rotatable bonds is 4. The second-order valence-corrected chi connectivity index (χ2v) is 4.66. The zero-order chi connectivity index (χ0) is 15.4. The van der Waals surface area contributed by atoms with Crippen LogP contribution in [0.3, 0.4) is 0 Å². The highest BCUT2D eigenvalue weighted by Crippen LogP contribution is 2.25. The number of methoxy groups -OCH3 is 1. The van der Waals surface area contributed by atoms with Crippen LogP contribution in [0.2, 0.25) is 0 Å². The lowest BCUT2D eigenvalue weighted by atomic mass is 9.90. The predicted molar refractivity (Wildman–Crippen MR) is 76.8 cm³/mol. The Bertz CT molecular complexity index is 719. The first kappa shape index (κ1) is 14.7. The lowest BCUT2D eigenvalue weighted by Gasteiger charge is -2.12. The third-order valence-electron chi connectivity index (χ3n) is 3.28. The summed E-state index contributed by atoms with van der Waals surface area (Å²) in [7, 11) is 1.51. The Balaban J connectivity index is 2.43. The van der Waals surface area contributed by atoms with Gasteiger partial charge in [-0.1, -0.05) is 18.2 Å². The molecule has 106 valence electrons. The van der Waals surface area contributed by atoms with Crippen molar-refractivity contribution in [2.45, 2.75) is 12.8 Å². The molecule has 0 heterocycles. The van der Waals surface area contributed by atoms with E-state index >= 15 is 0 Å². The fraction of sp³-hybridized carbons (Fsp3) is 0.176. The number of benzene rings is 2. The molecule has 0 bridgehead atoms. The summed E-state index contributed by atoms with van der Waals surface area (Å²) in [6.45, 7) is 1.71. The maximum absolute atomic E-state index is 13.3. The van der Waals surface area contributed by atoms with E-state index in [1.54, 1.807) is 31.2 Å². The summed E-state index contributed by atoms with van der Waals surface area (Å²) in [6.07, 6.45) is 0. The zero-order valence-electron chi connectivity index (χ0n) is 11.8. The maximum atomic E-state index is 13.3. The van der Waals surface area contributed by atoms with E-state index in [4.69, 9.17) is 4.74 Å². The third-order valence-corrected chi connectivity index (χ3v) is 3.28. The molecule has 0 saturated heterocycles. The average Bonchev–Trinajstić information content (AvgIpc) is 2.50. The molecule has 21 heavy (non-hydrogen) atoms. The molecule has 0 fully saturated rings. The van der Waals surface area contributed by atoms with Crippen LogP contribution in [0.4, 0.5) is 4.39 Å². The van der Waals surface area contributed by atoms with E-state index in [-0.39, 0.29) is 5.56 Å². The van der Waals surface area contributed by atoms with Crippen molar-refractivity contribution >= 4 is 5.78 Å². The highest BCUT2D eigenvalue weighted by molar-refractivity contribution is 6.03. The monoisotopic (exact) mass is 283 g/mol. The van der Waals surface area contributed by atoms with Gasteiger partial charge in [0, 0.05) is 5.56 Å². The van der Waals surface area contributed by atoms with Crippen molar-refractivity contribution in [3.05, 3.63) is 65.0 Å². The number of aryl methyl sites for hydroxylation is 1. The number of nitriles is 1. The lowest BCUT2D eigenvalue weighted by Crippen LogP contribution is -2.13. The van der Waals surface area contributed by atoms with Crippen LogP contribution in [-0.2, 0) is 0 Å². The molecule has 1 unspecified atom stereocenters. The first-order valence-electron chi connectivity index (χ1n) is 6.40. The van der Waals surface area contributed by atoms with Gasteiger partial charge in [-0.2, -0.15) is 5.26 Å². The standard InChI is InChI=1S/C17H14FNO2/c1-11-6-7-13(18)9-15(11)17(20)16(10-19)12-4-3-5-14(8-12)21-2/h3-9,16H,1-2H3. The second kappa shape index (κ2) is 6.19. The van der Waals surface area contributed by atoms with Gasteiger partial charge < -0.3 is 4.74 Å². The highest BCUT2D eigenvalue weighted by atomic mass is 19.1. The Morgan fingerprint density at radius 2 is 2.05 bits per heavy atom. The Hall–Kier alpha value is -2.67. The average molecular weight is 283 g/mol. The summed E-state index contributed by atoms with van der Waals surface area (Å²) in [5.74, 6) is -1.33. The van der Waals surface area contributed by atoms with Crippen molar-refractivity contribution in [1.29, 1.82) is 5.26 Å². The smallest absolute Gasteiger partial charge is 0.184 e. The van der Waals surface area contributed by atoms with Gasteiger partial charge in [-0.3, -0.25) is 4.79 Å². The number of nitrogens with zero attached hydrogens (tertiary/aromatic N) is 1. The molecule has 0 N–H and O–H groups in total. The van der Waals surface area contributed by atoms with Crippen LogP contribution >= 0.6 is 0 Å². The van der Waals surface area contributed by atoms with Crippen LogP contribution in [-0.4, -0.2) is 12.9 Å². The molecular weight excluding hydrogens is 269 g/mol. The van der Waals surface area contributed by atoms with E-state index in [1.165, 1.54) is 25.3 Å². The largest absolute Gasteiger partial charge is 0.497 e. The van der Waals surface area contributed by atoms with Gasteiger partial charge in [-0.05, 0) is 42.3 Å². The van der Waals surface area contributed by atoms with Gasteiger partial charge in [0.25, 0.3) is 0 Å². The molecule has 4 heteroatoms. The van der Waals surface area contributed by atoms with Gasteiger partial charge in [0.1, 0.15) is 17.5 Å². The van der Waals surface area contributed by atoms with Gasteiger partial charge in [0.2, 0.25) is 0 Å². The van der Waals surface area contributed by atoms with Gasteiger partial charge in [0.15, 0.2) is 5.78 Å². The lowest BCUT2D eigenvalue weighted by molar-refractivity contribution is 0.0978. The van der Waals surface area contributed by atoms with Gasteiger partial charge in [0.05, 0.1) is 13.2 Å². The fourth-order valence-corrected chi connectivity index (χ4v) is 2.12. The van der Waals surface area contributed by atoms with E-state index < -0.39 is 17.5 Å². The van der Waals surface area contributed by atoms with Crippen molar-refractivity contribution in [2.75, 3.05) is 7.11 Å². The number of carbonyl (C=O) groups is 1. The molecule has 1 atom stereocenters. The first-order valence-corrected chi connectivity index (χ1v) is 6.40. The molecule has 0 aromatic heterocycles. The number of Topliss-reactive ketones (excluding diaryl/α,β-unsaturated/α-hetero) is 1. The summed E-state index contributed by atoms with van der Waals surface area (Å²) in [5.41, 5.74) is 1.40. The topological polar surface area (TPSA) is 50.1 Å². The molecule has 0 aliphatic heterocycles. The molecule has 0 saturated carbocycles. The molecule has 3 nitrogen and oxygen atoms in total. The van der Waals surface area contributed by atoms with Gasteiger partial charge in [-0.25, -0.2) is 4.39 Å². The molecule has 0 aliphatic carbocycles. The number of ketones is 1. The van der Waals surface area contributed by atoms with Crippen LogP contribution in [0.25, 0.3) is 0 Å². The Morgan fingerprint density at radius 3 is 2.71 bits per heavy atom. The van der Waals surface area contributed by atoms with Crippen LogP contribution in [0.15, 0.2) is 42.5 Å². The predicted octanol–water partition coefficient (Wildman–Crippen LogP) is 3.63. The molecule has 0 aliphatic rings. The van der Waals surface area contributed by atoms with E-state index in [2.05, 4.69) is 0 Å². The van der Waals surface area contributed by atoms with E-state index in [0.717, 1.165) is 0 Å². The minimum absolute atomic E-state index is 0.226. The van der Waals surface area contributed by atoms with Crippen LogP contribution < -0.4 is 4.74 Å². The number of hydrogen-bond donors (Lipinski definition) is 0. The minimum Gasteiger partial charge on any atom is -0.497 e. The van der Waals surface area contributed by atoms with Crippen molar-refractivity contribution < 1.29 is 13.9 Å². The third kappa shape index (κ3) is 3.09. The molecule has 2 rings (SSSR count). The Morgan fingerprint density at radius 1 is 1.29 bits per heavy atom. The number of ether oxygens (including phenoxy) is 1. The van der Waals surface area contributed by atoms with E-state index in [9.17, 15) is 14.4 Å². The molecule has 0 amide bonds. The first-order chi connectivity index (χ1) is 10.1. The minimum atomic E-state index is -0.986. The van der Waals surface area contributed by atoms with Crippen molar-refractivity contribution in [1.82, 2.24) is 0 Å². The quantitative estimate of drug-likeness (QED) is 0.805. The summed E-state index contributed by atoms with van der Waals surface area (Å²) in [4.78, 5) is 12.5. The van der Waals surface area contributed by atoms with E-state index in [0.29, 0.717) is 16.9 Å².